The third-order valence-corrected chi connectivity index (χ3v) is 5.53. The van der Waals surface area contributed by atoms with Gasteiger partial charge in [0.15, 0.2) is 4.32 Å². The first-order chi connectivity index (χ1) is 11.5. The molecule has 0 atom stereocenters. The molecule has 120 valence electrons. The van der Waals surface area contributed by atoms with Gasteiger partial charge in [0.1, 0.15) is 0 Å². The van der Waals surface area contributed by atoms with E-state index in [4.69, 9.17) is 23.8 Å². The first-order valence-electron chi connectivity index (χ1n) is 6.79. The van der Waals surface area contributed by atoms with E-state index in [9.17, 15) is 9.59 Å². The molecule has 2 aromatic carbocycles. The number of carbonyl (C=O) groups excluding carboxylic acids is 2. The van der Waals surface area contributed by atoms with Gasteiger partial charge >= 0.3 is 0 Å². The molecule has 0 unspecified atom stereocenters. The van der Waals surface area contributed by atoms with E-state index < -0.39 is 11.8 Å². The Bertz CT molecular complexity index is 863. The van der Waals surface area contributed by atoms with Gasteiger partial charge in [-0.2, -0.15) is 0 Å². The second-order valence-electron chi connectivity index (χ2n) is 4.88. The molecule has 2 aromatic rings. The Kier molecular flexibility index (Phi) is 5.39. The molecular formula is C17H9ClINO2S2. The van der Waals surface area contributed by atoms with Crippen LogP contribution in [0.2, 0.25) is 5.02 Å². The van der Waals surface area contributed by atoms with Crippen molar-refractivity contribution in [3.63, 3.8) is 0 Å². The van der Waals surface area contributed by atoms with Gasteiger partial charge < -0.3 is 0 Å². The topological polar surface area (TPSA) is 37.4 Å². The highest BCUT2D eigenvalue weighted by Gasteiger charge is 2.37. The van der Waals surface area contributed by atoms with Gasteiger partial charge in [-0.25, -0.2) is 4.90 Å². The summed E-state index contributed by atoms with van der Waals surface area (Å²) in [6.07, 6.45) is 1.74. The predicted molar refractivity (Wildman–Crippen MR) is 110 cm³/mol. The number of halogens is 2. The summed E-state index contributed by atoms with van der Waals surface area (Å²) in [6.45, 7) is 0. The normalized spacial score (nSPS) is 16.1. The fourth-order valence-corrected chi connectivity index (χ4v) is 3.81. The quantitative estimate of drug-likeness (QED) is 0.260. The monoisotopic (exact) mass is 485 g/mol. The maximum absolute atomic E-state index is 12.6. The van der Waals surface area contributed by atoms with E-state index >= 15 is 0 Å². The van der Waals surface area contributed by atoms with Crippen molar-refractivity contribution in [1.82, 2.24) is 4.90 Å². The van der Waals surface area contributed by atoms with Gasteiger partial charge in [0.05, 0.1) is 4.91 Å². The lowest BCUT2D eigenvalue weighted by molar-refractivity contribution is -0.120. The molecule has 0 spiro atoms. The third-order valence-electron chi connectivity index (χ3n) is 3.26. The Morgan fingerprint density at radius 3 is 2.38 bits per heavy atom. The van der Waals surface area contributed by atoms with E-state index in [2.05, 4.69) is 22.6 Å². The Balaban J connectivity index is 1.87. The fraction of sp³-hybridized carbons (Fsp3) is 0. The number of hydrogen-bond acceptors (Lipinski definition) is 4. The Morgan fingerprint density at radius 2 is 1.75 bits per heavy atom. The Hall–Kier alpha value is -1.22. The molecule has 24 heavy (non-hydrogen) atoms. The largest absolute Gasteiger partial charge is 0.273 e. The third kappa shape index (κ3) is 3.72. The van der Waals surface area contributed by atoms with Crippen molar-refractivity contribution in [2.45, 2.75) is 0 Å². The maximum atomic E-state index is 12.6. The van der Waals surface area contributed by atoms with Gasteiger partial charge in [-0.15, -0.1) is 0 Å². The number of imide groups is 1. The van der Waals surface area contributed by atoms with Gasteiger partial charge in [0, 0.05) is 14.2 Å². The number of thioether (sulfide) groups is 1. The maximum Gasteiger partial charge on any atom is 0.273 e. The van der Waals surface area contributed by atoms with Crippen LogP contribution in [-0.2, 0) is 4.79 Å². The molecule has 1 aliphatic rings. The van der Waals surface area contributed by atoms with Gasteiger partial charge in [0.25, 0.3) is 11.8 Å². The van der Waals surface area contributed by atoms with Crippen molar-refractivity contribution in [1.29, 1.82) is 0 Å². The highest BCUT2D eigenvalue weighted by molar-refractivity contribution is 14.1. The Morgan fingerprint density at radius 1 is 1.12 bits per heavy atom. The van der Waals surface area contributed by atoms with Gasteiger partial charge in [0.2, 0.25) is 0 Å². The molecule has 1 heterocycles. The summed E-state index contributed by atoms with van der Waals surface area (Å²) in [4.78, 5) is 26.6. The summed E-state index contributed by atoms with van der Waals surface area (Å²) in [6, 6.07) is 14.1. The number of amides is 2. The van der Waals surface area contributed by atoms with Gasteiger partial charge in [-0.3, -0.25) is 9.59 Å². The molecule has 3 nitrogen and oxygen atoms in total. The van der Waals surface area contributed by atoms with Crippen LogP contribution < -0.4 is 0 Å². The van der Waals surface area contributed by atoms with Crippen molar-refractivity contribution >= 4 is 80.4 Å². The highest BCUT2D eigenvalue weighted by atomic mass is 127. The smallest absolute Gasteiger partial charge is 0.268 e. The second-order valence-corrected chi connectivity index (χ2v) is 8.24. The summed E-state index contributed by atoms with van der Waals surface area (Å²) in [7, 11) is 0. The molecule has 3 rings (SSSR count). The van der Waals surface area contributed by atoms with Crippen LogP contribution >= 0.6 is 58.2 Å². The zero-order valence-corrected chi connectivity index (χ0v) is 16.6. The van der Waals surface area contributed by atoms with E-state index in [1.54, 1.807) is 30.3 Å². The van der Waals surface area contributed by atoms with Gasteiger partial charge in [-0.05, 0) is 70.6 Å². The molecule has 0 saturated carbocycles. The molecule has 0 bridgehead atoms. The molecular weight excluding hydrogens is 477 g/mol. The van der Waals surface area contributed by atoms with Crippen LogP contribution in [0.3, 0.4) is 0 Å². The van der Waals surface area contributed by atoms with E-state index in [1.807, 2.05) is 24.3 Å². The minimum atomic E-state index is -0.444. The van der Waals surface area contributed by atoms with Crippen molar-refractivity contribution in [3.8, 4) is 0 Å². The average Bonchev–Trinajstić information content (AvgIpc) is 2.83. The summed E-state index contributed by atoms with van der Waals surface area (Å²) >= 11 is 14.4. The number of hydrogen-bond donors (Lipinski definition) is 0. The summed E-state index contributed by atoms with van der Waals surface area (Å²) in [5.74, 6) is -0.844. The number of thiocarbonyl (C=S) groups is 1. The van der Waals surface area contributed by atoms with Crippen molar-refractivity contribution in [2.75, 3.05) is 0 Å². The average molecular weight is 486 g/mol. The molecule has 1 saturated heterocycles. The second kappa shape index (κ2) is 7.35. The lowest BCUT2D eigenvalue weighted by Gasteiger charge is -2.12. The fourth-order valence-electron chi connectivity index (χ4n) is 2.07. The van der Waals surface area contributed by atoms with Crippen LogP contribution in [0.4, 0.5) is 0 Å². The molecule has 0 aromatic heterocycles. The molecule has 0 N–H and O–H groups in total. The first-order valence-corrected chi connectivity index (χ1v) is 9.47. The van der Waals surface area contributed by atoms with E-state index in [-0.39, 0.29) is 4.32 Å². The summed E-state index contributed by atoms with van der Waals surface area (Å²) in [5.41, 5.74) is 1.25. The molecule has 0 aliphatic carbocycles. The van der Waals surface area contributed by atoms with E-state index in [1.165, 1.54) is 0 Å². The predicted octanol–water partition coefficient (Wildman–Crippen LogP) is 4.99. The first kappa shape index (κ1) is 17.6. The van der Waals surface area contributed by atoms with E-state index in [0.29, 0.717) is 15.5 Å². The SMILES string of the molecule is O=C1C(=Cc2ccc(I)cc2)SC(=S)N1C(=O)c1ccc(Cl)cc1. The number of nitrogens with zero attached hydrogens (tertiary/aromatic N) is 1. The number of rotatable bonds is 2. The zero-order chi connectivity index (χ0) is 17.3. The minimum absolute atomic E-state index is 0.233. The summed E-state index contributed by atoms with van der Waals surface area (Å²) in [5, 5.41) is 0.524. The van der Waals surface area contributed by atoms with Crippen molar-refractivity contribution < 1.29 is 9.59 Å². The zero-order valence-electron chi connectivity index (χ0n) is 12.0. The van der Waals surface area contributed by atoms with Crippen molar-refractivity contribution in [2.24, 2.45) is 0 Å². The summed E-state index contributed by atoms with van der Waals surface area (Å²) < 4.78 is 1.34. The molecule has 2 amide bonds. The van der Waals surface area contributed by atoms with Crippen LogP contribution in [0.1, 0.15) is 15.9 Å². The molecule has 0 radical (unpaired) electrons. The van der Waals surface area contributed by atoms with Crippen LogP contribution in [0, 0.1) is 3.57 Å². The van der Waals surface area contributed by atoms with Crippen LogP contribution in [0.25, 0.3) is 6.08 Å². The molecule has 7 heteroatoms. The van der Waals surface area contributed by atoms with Crippen molar-refractivity contribution in [3.05, 3.63) is 73.2 Å². The minimum Gasteiger partial charge on any atom is -0.268 e. The van der Waals surface area contributed by atoms with Crippen LogP contribution in [-0.4, -0.2) is 21.0 Å². The molecule has 1 aliphatic heterocycles. The van der Waals surface area contributed by atoms with E-state index in [0.717, 1.165) is 25.8 Å². The highest BCUT2D eigenvalue weighted by Crippen LogP contribution is 2.33. The standard InChI is InChI=1S/C17H9ClINO2S2/c18-12-5-3-11(4-6-12)15(21)20-16(22)14(24-17(20)23)9-10-1-7-13(19)8-2-10/h1-9H. The lowest BCUT2D eigenvalue weighted by Crippen LogP contribution is -2.34. The number of carbonyl (C=O) groups is 2. The number of benzene rings is 2. The Labute approximate surface area is 167 Å². The molecule has 1 fully saturated rings. The van der Waals surface area contributed by atoms with Crippen LogP contribution in [0.15, 0.2) is 53.4 Å². The van der Waals surface area contributed by atoms with Gasteiger partial charge in [-0.1, -0.05) is 47.7 Å². The lowest BCUT2D eigenvalue weighted by atomic mass is 10.2. The van der Waals surface area contributed by atoms with Crippen LogP contribution in [0.5, 0.6) is 0 Å².